The van der Waals surface area contributed by atoms with Gasteiger partial charge in [-0.1, -0.05) is 34.4 Å². The Morgan fingerprint density at radius 1 is 1.20 bits per heavy atom. The minimum atomic E-state index is -5.15. The Bertz CT molecular complexity index is 1190. The van der Waals surface area contributed by atoms with Gasteiger partial charge in [0.05, 0.1) is 32.8 Å². The molecule has 190 valence electrons. The molecule has 1 unspecified atom stereocenters. The first kappa shape index (κ1) is 27.9. The molecule has 0 aromatic heterocycles. The quantitative estimate of drug-likeness (QED) is 0.321. The minimum Gasteiger partial charge on any atom is -0.374 e. The van der Waals surface area contributed by atoms with Gasteiger partial charge in [0.1, 0.15) is 0 Å². The van der Waals surface area contributed by atoms with E-state index >= 15 is 0 Å². The zero-order valence-electron chi connectivity index (χ0n) is 17.8. The highest BCUT2D eigenvalue weighted by molar-refractivity contribution is 9.10. The molecule has 1 heterocycles. The van der Waals surface area contributed by atoms with Gasteiger partial charge in [-0.05, 0) is 46.5 Å². The summed E-state index contributed by atoms with van der Waals surface area (Å²) in [6, 6.07) is 5.35. The van der Waals surface area contributed by atoms with Crippen LogP contribution in [0.3, 0.4) is 0 Å². The average Bonchev–Trinajstić information content (AvgIpc) is 3.21. The number of anilines is 1. The summed E-state index contributed by atoms with van der Waals surface area (Å²) in [5.41, 5.74) is -5.10. The molecule has 0 spiro atoms. The predicted octanol–water partition coefficient (Wildman–Crippen LogP) is 7.68. The van der Waals surface area contributed by atoms with Crippen molar-refractivity contribution >= 4 is 68.2 Å². The molecule has 4 nitrogen and oxygen atoms in total. The number of alkyl halides is 6. The van der Waals surface area contributed by atoms with E-state index in [4.69, 9.17) is 28.0 Å². The van der Waals surface area contributed by atoms with Crippen molar-refractivity contribution < 1.29 is 36.0 Å². The lowest BCUT2D eigenvalue weighted by Crippen LogP contribution is -2.43. The number of nitrogens with zero attached hydrogens (tertiary/aromatic N) is 2. The van der Waals surface area contributed by atoms with E-state index < -0.39 is 45.5 Å². The van der Waals surface area contributed by atoms with E-state index in [1.165, 1.54) is 34.9 Å². The van der Waals surface area contributed by atoms with Crippen molar-refractivity contribution in [2.45, 2.75) is 24.4 Å². The number of oxime groups is 1. The van der Waals surface area contributed by atoms with E-state index in [9.17, 15) is 31.1 Å². The third kappa shape index (κ3) is 5.40. The Labute approximate surface area is 218 Å². The molecule has 3 rings (SSSR count). The zero-order chi connectivity index (χ0) is 26.3. The highest BCUT2D eigenvalue weighted by atomic mass is 79.9. The molecule has 0 N–H and O–H groups in total. The van der Waals surface area contributed by atoms with Gasteiger partial charge in [0.25, 0.3) is 5.60 Å². The second-order valence-corrected chi connectivity index (χ2v) is 10.0. The fourth-order valence-corrected chi connectivity index (χ4v) is 4.92. The summed E-state index contributed by atoms with van der Waals surface area (Å²) in [4.78, 5) is 18.4. The van der Waals surface area contributed by atoms with Crippen molar-refractivity contribution in [1.82, 2.24) is 0 Å². The Kier molecular flexibility index (Phi) is 8.01. The number of thioether (sulfide) groups is 1. The third-order valence-corrected chi connectivity index (χ3v) is 7.24. The number of hydrogen-bond donors (Lipinski definition) is 0. The topological polar surface area (TPSA) is 41.9 Å². The van der Waals surface area contributed by atoms with Gasteiger partial charge in [0, 0.05) is 29.1 Å². The van der Waals surface area contributed by atoms with Gasteiger partial charge in [-0.3, -0.25) is 4.79 Å². The first-order chi connectivity index (χ1) is 16.1. The Hall–Kier alpha value is -1.63. The summed E-state index contributed by atoms with van der Waals surface area (Å²) < 4.78 is 83.3. The lowest BCUT2D eigenvalue weighted by molar-refractivity contribution is -0.276. The maximum absolute atomic E-state index is 14.3. The van der Waals surface area contributed by atoms with Gasteiger partial charge >= 0.3 is 12.4 Å². The van der Waals surface area contributed by atoms with Crippen molar-refractivity contribution in [3.63, 3.8) is 0 Å². The Balaban J connectivity index is 2.01. The largest absolute Gasteiger partial charge is 0.435 e. The zero-order valence-corrected chi connectivity index (χ0v) is 21.7. The predicted molar refractivity (Wildman–Crippen MR) is 127 cm³/mol. The second kappa shape index (κ2) is 10.0. The molecule has 1 aliphatic rings. The molecular formula is C21H15BrCl2F6N2O2S. The molecule has 0 saturated carbocycles. The molecule has 14 heteroatoms. The number of amides is 1. The molecule has 1 atom stereocenters. The molecule has 2 aromatic carbocycles. The molecular weight excluding hydrogens is 609 g/mol. The van der Waals surface area contributed by atoms with Gasteiger partial charge in [0.15, 0.2) is 0 Å². The summed E-state index contributed by atoms with van der Waals surface area (Å²) in [6.45, 7) is 0. The van der Waals surface area contributed by atoms with Crippen LogP contribution in [0.15, 0.2) is 40.0 Å². The van der Waals surface area contributed by atoms with Crippen LogP contribution in [-0.2, 0) is 21.4 Å². The van der Waals surface area contributed by atoms with Crippen LogP contribution in [0.2, 0.25) is 10.0 Å². The summed E-state index contributed by atoms with van der Waals surface area (Å²) in [7, 11) is 1.55. The summed E-state index contributed by atoms with van der Waals surface area (Å²) >= 11 is 16.0. The molecule has 0 aliphatic carbocycles. The van der Waals surface area contributed by atoms with E-state index in [1.807, 2.05) is 0 Å². The number of hydrogen-bond acceptors (Lipinski definition) is 4. The molecule has 0 fully saturated rings. The van der Waals surface area contributed by atoms with E-state index in [-0.39, 0.29) is 29.0 Å². The smallest absolute Gasteiger partial charge is 0.374 e. The second-order valence-electron chi connectivity index (χ2n) is 7.50. The molecule has 1 amide bonds. The van der Waals surface area contributed by atoms with Crippen molar-refractivity contribution in [2.24, 2.45) is 5.16 Å². The lowest BCUT2D eigenvalue weighted by atomic mass is 9.85. The van der Waals surface area contributed by atoms with Crippen molar-refractivity contribution in [1.29, 1.82) is 0 Å². The SMILES string of the molecule is CSCC(=O)N(C)c1ccc(C2=NOC(c3cc(Cl)c(Cl)c(C(F)(F)F)c3)(C(F)(F)F)C2)cc1Br. The first-order valence-electron chi connectivity index (χ1n) is 9.56. The number of carbonyl (C=O) groups excluding carboxylic acids is 1. The first-order valence-corrected chi connectivity index (χ1v) is 12.5. The van der Waals surface area contributed by atoms with Crippen LogP contribution in [0.4, 0.5) is 32.0 Å². The van der Waals surface area contributed by atoms with Crippen molar-refractivity contribution in [2.75, 3.05) is 24.0 Å². The molecule has 0 saturated heterocycles. The Morgan fingerprint density at radius 3 is 2.40 bits per heavy atom. The van der Waals surface area contributed by atoms with Gasteiger partial charge < -0.3 is 9.74 Å². The van der Waals surface area contributed by atoms with Gasteiger partial charge in [0.2, 0.25) is 5.91 Å². The molecule has 0 bridgehead atoms. The number of rotatable bonds is 5. The van der Waals surface area contributed by atoms with Crippen LogP contribution < -0.4 is 4.90 Å². The molecule has 35 heavy (non-hydrogen) atoms. The van der Waals surface area contributed by atoms with Crippen LogP contribution in [-0.4, -0.2) is 36.9 Å². The monoisotopic (exact) mass is 622 g/mol. The van der Waals surface area contributed by atoms with Crippen LogP contribution in [0.5, 0.6) is 0 Å². The van der Waals surface area contributed by atoms with Crippen LogP contribution in [0, 0.1) is 0 Å². The van der Waals surface area contributed by atoms with E-state index in [1.54, 1.807) is 13.3 Å². The van der Waals surface area contributed by atoms with E-state index in [0.717, 1.165) is 0 Å². The van der Waals surface area contributed by atoms with Gasteiger partial charge in [-0.15, -0.1) is 0 Å². The van der Waals surface area contributed by atoms with Crippen LogP contribution >= 0.6 is 50.9 Å². The normalized spacial score (nSPS) is 18.3. The third-order valence-electron chi connectivity index (χ3n) is 5.27. The fourth-order valence-electron chi connectivity index (χ4n) is 3.40. The number of carbonyl (C=O) groups is 1. The maximum atomic E-state index is 14.3. The van der Waals surface area contributed by atoms with E-state index in [2.05, 4.69) is 21.1 Å². The lowest BCUT2D eigenvalue weighted by Gasteiger charge is -2.30. The van der Waals surface area contributed by atoms with Crippen molar-refractivity contribution in [3.8, 4) is 0 Å². The highest BCUT2D eigenvalue weighted by Gasteiger charge is 2.63. The number of benzene rings is 2. The molecule has 1 aliphatic heterocycles. The summed E-state index contributed by atoms with van der Waals surface area (Å²) in [5.74, 6) is 0.0341. The van der Waals surface area contributed by atoms with Gasteiger partial charge in [-0.25, -0.2) is 0 Å². The maximum Gasteiger partial charge on any atom is 0.435 e. The average molecular weight is 624 g/mol. The number of halogens is 9. The van der Waals surface area contributed by atoms with Crippen LogP contribution in [0.25, 0.3) is 0 Å². The summed E-state index contributed by atoms with van der Waals surface area (Å²) in [5, 5.41) is 1.94. The van der Waals surface area contributed by atoms with E-state index in [0.29, 0.717) is 16.2 Å². The summed E-state index contributed by atoms with van der Waals surface area (Å²) in [6.07, 6.45) is -9.36. The highest BCUT2D eigenvalue weighted by Crippen LogP contribution is 2.51. The van der Waals surface area contributed by atoms with Gasteiger partial charge in [-0.2, -0.15) is 38.1 Å². The van der Waals surface area contributed by atoms with Crippen molar-refractivity contribution in [3.05, 3.63) is 61.5 Å². The molecule has 2 aromatic rings. The Morgan fingerprint density at radius 2 is 1.86 bits per heavy atom. The fraction of sp³-hybridized carbons (Fsp3) is 0.333. The molecule has 0 radical (unpaired) electrons. The minimum absolute atomic E-state index is 0.160. The standard InChI is InChI=1S/C21H15BrCl2F6N2O2S/c1-32(17(33)9-35-2)16-4-3-10(5-13(16)22)15-8-19(34-31-15,21(28,29)30)11-6-12(20(25,26)27)18(24)14(23)7-11/h3-7H,8-9H2,1-2H3. The van der Waals surface area contributed by atoms with Crippen LogP contribution in [0.1, 0.15) is 23.1 Å².